The first kappa shape index (κ1) is 10.7. The summed E-state index contributed by atoms with van der Waals surface area (Å²) in [6.45, 7) is 13.0. The first-order valence-corrected chi connectivity index (χ1v) is 4.79. The molecule has 0 heterocycles. The van der Waals surface area contributed by atoms with Crippen molar-refractivity contribution in [2.45, 2.75) is 40.5 Å². The van der Waals surface area contributed by atoms with Crippen LogP contribution in [0.5, 0.6) is 0 Å². The van der Waals surface area contributed by atoms with Gasteiger partial charge in [-0.15, -0.1) is 6.58 Å². The van der Waals surface area contributed by atoms with Gasteiger partial charge in [-0.3, -0.25) is 0 Å². The van der Waals surface area contributed by atoms with Crippen LogP contribution in [0.1, 0.15) is 40.5 Å². The molecule has 0 nitrogen and oxygen atoms in total. The van der Waals surface area contributed by atoms with Gasteiger partial charge in [0.1, 0.15) is 0 Å². The van der Waals surface area contributed by atoms with Crippen LogP contribution in [0.3, 0.4) is 0 Å². The highest BCUT2D eigenvalue weighted by atomic mass is 14.2. The zero-order valence-electron chi connectivity index (χ0n) is 8.43. The Morgan fingerprint density at radius 2 is 1.64 bits per heavy atom. The average Bonchev–Trinajstić information content (AvgIpc) is 2.05. The minimum absolute atomic E-state index is 0.667. The van der Waals surface area contributed by atoms with Crippen LogP contribution in [0.2, 0.25) is 0 Å². The molecule has 2 atom stereocenters. The fourth-order valence-corrected chi connectivity index (χ4v) is 1.68. The summed E-state index contributed by atoms with van der Waals surface area (Å²) in [4.78, 5) is 0. The highest BCUT2D eigenvalue weighted by Gasteiger charge is 2.17. The van der Waals surface area contributed by atoms with Crippen LogP contribution in [0.4, 0.5) is 0 Å². The summed E-state index contributed by atoms with van der Waals surface area (Å²) in [5.74, 6) is 2.34. The van der Waals surface area contributed by atoms with Crippen LogP contribution in [-0.2, 0) is 0 Å². The highest BCUT2D eigenvalue weighted by Crippen LogP contribution is 2.26. The molecule has 0 saturated carbocycles. The van der Waals surface area contributed by atoms with Crippen LogP contribution >= 0.6 is 0 Å². The summed E-state index contributed by atoms with van der Waals surface area (Å²) in [5.41, 5.74) is 0. The summed E-state index contributed by atoms with van der Waals surface area (Å²) in [6, 6.07) is 0. The largest absolute Gasteiger partial charge is 0.103 e. The third-order valence-electron chi connectivity index (χ3n) is 2.99. The average molecular weight is 154 g/mol. The Morgan fingerprint density at radius 1 is 1.18 bits per heavy atom. The second-order valence-corrected chi connectivity index (χ2v) is 3.53. The van der Waals surface area contributed by atoms with Gasteiger partial charge in [0.15, 0.2) is 0 Å². The lowest BCUT2D eigenvalue weighted by atomic mass is 9.81. The number of hydrogen-bond donors (Lipinski definition) is 0. The third-order valence-corrected chi connectivity index (χ3v) is 2.99. The van der Waals surface area contributed by atoms with Crippen molar-refractivity contribution in [2.75, 3.05) is 0 Å². The third kappa shape index (κ3) is 3.09. The molecule has 0 rings (SSSR count). The second kappa shape index (κ2) is 5.40. The Bertz CT molecular complexity index is 101. The monoisotopic (exact) mass is 154 g/mol. The molecule has 11 heavy (non-hydrogen) atoms. The quantitative estimate of drug-likeness (QED) is 0.527. The van der Waals surface area contributed by atoms with Crippen molar-refractivity contribution >= 4 is 0 Å². The molecule has 0 aliphatic carbocycles. The first-order chi connectivity index (χ1) is 5.17. The zero-order chi connectivity index (χ0) is 8.85. The lowest BCUT2D eigenvalue weighted by molar-refractivity contribution is 0.282. The van der Waals surface area contributed by atoms with E-state index in [0.29, 0.717) is 5.92 Å². The van der Waals surface area contributed by atoms with Gasteiger partial charge >= 0.3 is 0 Å². The fraction of sp³-hybridized carbons (Fsp3) is 0.818. The van der Waals surface area contributed by atoms with E-state index in [2.05, 4.69) is 40.3 Å². The Balaban J connectivity index is 3.95. The van der Waals surface area contributed by atoms with Gasteiger partial charge in [0.25, 0.3) is 0 Å². The second-order valence-electron chi connectivity index (χ2n) is 3.53. The Morgan fingerprint density at radius 3 is 1.91 bits per heavy atom. The summed E-state index contributed by atoms with van der Waals surface area (Å²) in [5, 5.41) is 0. The lowest BCUT2D eigenvalue weighted by Crippen LogP contribution is -2.16. The molecule has 66 valence electrons. The first-order valence-electron chi connectivity index (χ1n) is 4.79. The van der Waals surface area contributed by atoms with Gasteiger partial charge in [0.05, 0.1) is 0 Å². The molecule has 0 aromatic heterocycles. The van der Waals surface area contributed by atoms with Gasteiger partial charge < -0.3 is 0 Å². The van der Waals surface area contributed by atoms with Gasteiger partial charge in [-0.05, 0) is 17.8 Å². The number of rotatable bonds is 5. The minimum atomic E-state index is 0.667. The van der Waals surface area contributed by atoms with Crippen molar-refractivity contribution < 1.29 is 0 Å². The van der Waals surface area contributed by atoms with Crippen molar-refractivity contribution in [3.05, 3.63) is 12.7 Å². The number of allylic oxidation sites excluding steroid dienone is 1. The molecule has 0 radical (unpaired) electrons. The molecule has 0 heteroatoms. The van der Waals surface area contributed by atoms with E-state index < -0.39 is 0 Å². The number of hydrogen-bond acceptors (Lipinski definition) is 0. The zero-order valence-corrected chi connectivity index (χ0v) is 8.43. The van der Waals surface area contributed by atoms with E-state index in [9.17, 15) is 0 Å². The molecule has 0 saturated heterocycles. The molecular weight excluding hydrogens is 132 g/mol. The summed E-state index contributed by atoms with van der Waals surface area (Å²) in [7, 11) is 0. The Hall–Kier alpha value is -0.260. The smallest absolute Gasteiger partial charge is 0.0236 e. The van der Waals surface area contributed by atoms with Gasteiger partial charge in [-0.2, -0.15) is 0 Å². The predicted molar refractivity (Wildman–Crippen MR) is 52.6 cm³/mol. The van der Waals surface area contributed by atoms with E-state index in [-0.39, 0.29) is 0 Å². The molecule has 2 unspecified atom stereocenters. The molecule has 0 fully saturated rings. The molecule has 0 aromatic rings. The minimum Gasteiger partial charge on any atom is -0.103 e. The van der Waals surface area contributed by atoms with Gasteiger partial charge in [0.2, 0.25) is 0 Å². The standard InChI is InChI=1S/C11H22/c1-6-9(4)10(5)11(7-2)8-3/h6,9-11H,1,7-8H2,2-5H3. The Kier molecular flexibility index (Phi) is 5.27. The maximum absolute atomic E-state index is 3.83. The molecule has 0 amide bonds. The molecular formula is C11H22. The molecule has 0 N–H and O–H groups in total. The molecule has 0 spiro atoms. The fourth-order valence-electron chi connectivity index (χ4n) is 1.68. The van der Waals surface area contributed by atoms with E-state index in [4.69, 9.17) is 0 Å². The predicted octanol–water partition coefficient (Wildman–Crippen LogP) is 3.88. The normalized spacial score (nSPS) is 16.5. The SMILES string of the molecule is C=CC(C)C(C)C(CC)CC. The van der Waals surface area contributed by atoms with Crippen LogP contribution in [0.15, 0.2) is 12.7 Å². The lowest BCUT2D eigenvalue weighted by Gasteiger charge is -2.24. The van der Waals surface area contributed by atoms with E-state index >= 15 is 0 Å². The molecule has 0 bridgehead atoms. The van der Waals surface area contributed by atoms with Gasteiger partial charge in [-0.25, -0.2) is 0 Å². The van der Waals surface area contributed by atoms with Crippen molar-refractivity contribution in [2.24, 2.45) is 17.8 Å². The van der Waals surface area contributed by atoms with Crippen molar-refractivity contribution in [1.29, 1.82) is 0 Å². The van der Waals surface area contributed by atoms with Crippen LogP contribution in [0, 0.1) is 17.8 Å². The van der Waals surface area contributed by atoms with E-state index in [0.717, 1.165) is 11.8 Å². The van der Waals surface area contributed by atoms with Crippen molar-refractivity contribution in [3.63, 3.8) is 0 Å². The van der Waals surface area contributed by atoms with Gasteiger partial charge in [0, 0.05) is 0 Å². The summed E-state index contributed by atoms with van der Waals surface area (Å²) >= 11 is 0. The van der Waals surface area contributed by atoms with E-state index in [1.54, 1.807) is 0 Å². The van der Waals surface area contributed by atoms with Crippen LogP contribution in [-0.4, -0.2) is 0 Å². The summed E-state index contributed by atoms with van der Waals surface area (Å²) in [6.07, 6.45) is 4.68. The maximum atomic E-state index is 3.83. The summed E-state index contributed by atoms with van der Waals surface area (Å²) < 4.78 is 0. The molecule has 0 aromatic carbocycles. The molecule has 0 aliphatic heterocycles. The van der Waals surface area contributed by atoms with Crippen LogP contribution in [0.25, 0.3) is 0 Å². The maximum Gasteiger partial charge on any atom is -0.0236 e. The van der Waals surface area contributed by atoms with Gasteiger partial charge in [-0.1, -0.05) is 46.6 Å². The van der Waals surface area contributed by atoms with E-state index in [1.807, 2.05) is 0 Å². The van der Waals surface area contributed by atoms with Crippen molar-refractivity contribution in [1.82, 2.24) is 0 Å². The molecule has 0 aliphatic rings. The topological polar surface area (TPSA) is 0 Å². The highest BCUT2D eigenvalue weighted by molar-refractivity contribution is 4.82. The van der Waals surface area contributed by atoms with Crippen molar-refractivity contribution in [3.8, 4) is 0 Å². The Labute approximate surface area is 71.7 Å². The van der Waals surface area contributed by atoms with E-state index in [1.165, 1.54) is 12.8 Å². The van der Waals surface area contributed by atoms with Crippen LogP contribution < -0.4 is 0 Å².